The molecule has 0 saturated heterocycles. The largest absolute Gasteiger partial charge is 0.455 e. The second kappa shape index (κ2) is 7.38. The summed E-state index contributed by atoms with van der Waals surface area (Å²) in [5.74, 6) is 0.764. The lowest BCUT2D eigenvalue weighted by atomic mass is 10.2. The molecule has 0 aliphatic heterocycles. The fraction of sp³-hybridized carbons (Fsp3) is 0.250. The summed E-state index contributed by atoms with van der Waals surface area (Å²) in [6, 6.07) is 10.7. The first-order chi connectivity index (χ1) is 9.95. The molecule has 0 aromatic heterocycles. The fourth-order valence-electron chi connectivity index (χ4n) is 1.73. The summed E-state index contributed by atoms with van der Waals surface area (Å²) in [6.07, 6.45) is 0. The van der Waals surface area contributed by atoms with E-state index in [0.717, 1.165) is 16.6 Å². The summed E-state index contributed by atoms with van der Waals surface area (Å²) in [4.78, 5) is 0. The molecule has 2 nitrogen and oxygen atoms in total. The number of ether oxygens (including phenoxy) is 1. The van der Waals surface area contributed by atoms with Crippen LogP contribution in [0.3, 0.4) is 0 Å². The van der Waals surface area contributed by atoms with Gasteiger partial charge >= 0.3 is 0 Å². The Bertz CT molecular complexity index is 632. The van der Waals surface area contributed by atoms with Crippen molar-refractivity contribution in [1.82, 2.24) is 5.32 Å². The van der Waals surface area contributed by atoms with Gasteiger partial charge in [-0.2, -0.15) is 0 Å². The maximum absolute atomic E-state index is 13.3. The van der Waals surface area contributed by atoms with E-state index >= 15 is 0 Å². The van der Waals surface area contributed by atoms with Gasteiger partial charge in [-0.15, -0.1) is 0 Å². The minimum Gasteiger partial charge on any atom is -0.455 e. The molecule has 112 valence electrons. The zero-order chi connectivity index (χ0) is 15.4. The number of hydrogen-bond donors (Lipinski definition) is 1. The molecule has 21 heavy (non-hydrogen) atoms. The third-order valence-corrected chi connectivity index (χ3v) is 4.10. The van der Waals surface area contributed by atoms with Gasteiger partial charge in [-0.25, -0.2) is 4.39 Å². The van der Waals surface area contributed by atoms with Crippen molar-refractivity contribution >= 4 is 31.9 Å². The second-order valence-corrected chi connectivity index (χ2v) is 6.69. The van der Waals surface area contributed by atoms with Crippen molar-refractivity contribution in [3.05, 3.63) is 56.7 Å². The summed E-state index contributed by atoms with van der Waals surface area (Å²) < 4.78 is 20.6. The average Bonchev–Trinajstić information content (AvgIpc) is 2.43. The lowest BCUT2D eigenvalue weighted by Gasteiger charge is -2.12. The Morgan fingerprint density at radius 3 is 2.48 bits per heavy atom. The van der Waals surface area contributed by atoms with Crippen LogP contribution in [0.25, 0.3) is 0 Å². The summed E-state index contributed by atoms with van der Waals surface area (Å²) in [5.41, 5.74) is 1.15. The predicted octanol–water partition coefficient (Wildman–Crippen LogP) is 5.64. The predicted molar refractivity (Wildman–Crippen MR) is 90.3 cm³/mol. The number of benzene rings is 2. The van der Waals surface area contributed by atoms with Crippen LogP contribution < -0.4 is 10.1 Å². The quantitative estimate of drug-likeness (QED) is 0.680. The van der Waals surface area contributed by atoms with Gasteiger partial charge in [0.25, 0.3) is 0 Å². The molecule has 0 atom stereocenters. The smallest absolute Gasteiger partial charge is 0.144 e. The minimum absolute atomic E-state index is 0.331. The SMILES string of the molecule is CC(C)NCc1ccc(Oc2cc(F)ccc2Br)c(Br)c1. The molecule has 1 N–H and O–H groups in total. The summed E-state index contributed by atoms with van der Waals surface area (Å²) in [6.45, 7) is 5.00. The van der Waals surface area contributed by atoms with Crippen molar-refractivity contribution in [3.8, 4) is 11.5 Å². The Kier molecular flexibility index (Phi) is 5.79. The Hall–Kier alpha value is -0.910. The van der Waals surface area contributed by atoms with Gasteiger partial charge in [-0.1, -0.05) is 19.9 Å². The molecule has 0 spiro atoms. The maximum Gasteiger partial charge on any atom is 0.144 e. The van der Waals surface area contributed by atoms with Crippen molar-refractivity contribution < 1.29 is 9.13 Å². The van der Waals surface area contributed by atoms with Gasteiger partial charge in [0.15, 0.2) is 0 Å². The molecule has 0 aliphatic rings. The first-order valence-electron chi connectivity index (χ1n) is 6.60. The highest BCUT2D eigenvalue weighted by Gasteiger charge is 2.08. The van der Waals surface area contributed by atoms with E-state index < -0.39 is 0 Å². The Morgan fingerprint density at radius 2 is 1.81 bits per heavy atom. The van der Waals surface area contributed by atoms with Crippen molar-refractivity contribution in [2.75, 3.05) is 0 Å². The van der Waals surface area contributed by atoms with E-state index in [1.165, 1.54) is 12.1 Å². The highest BCUT2D eigenvalue weighted by atomic mass is 79.9. The highest BCUT2D eigenvalue weighted by Crippen LogP contribution is 2.34. The number of halogens is 3. The topological polar surface area (TPSA) is 21.3 Å². The Morgan fingerprint density at radius 1 is 1.05 bits per heavy atom. The van der Waals surface area contributed by atoms with E-state index in [-0.39, 0.29) is 5.82 Å². The van der Waals surface area contributed by atoms with Gasteiger partial charge in [0.2, 0.25) is 0 Å². The molecule has 0 saturated carbocycles. The van der Waals surface area contributed by atoms with E-state index in [4.69, 9.17) is 4.74 Å². The fourth-order valence-corrected chi connectivity index (χ4v) is 2.57. The summed E-state index contributed by atoms with van der Waals surface area (Å²) in [5, 5.41) is 3.36. The molecule has 0 amide bonds. The van der Waals surface area contributed by atoms with E-state index in [1.807, 2.05) is 18.2 Å². The zero-order valence-electron chi connectivity index (χ0n) is 11.8. The minimum atomic E-state index is -0.331. The third-order valence-electron chi connectivity index (χ3n) is 2.82. The van der Waals surface area contributed by atoms with Crippen molar-refractivity contribution in [2.45, 2.75) is 26.4 Å². The van der Waals surface area contributed by atoms with Crippen molar-refractivity contribution in [2.24, 2.45) is 0 Å². The van der Waals surface area contributed by atoms with Crippen LogP contribution in [0.15, 0.2) is 45.3 Å². The number of nitrogens with one attached hydrogen (secondary N) is 1. The molecule has 0 bridgehead atoms. The average molecular weight is 417 g/mol. The number of hydrogen-bond acceptors (Lipinski definition) is 2. The maximum atomic E-state index is 13.3. The molecule has 0 unspecified atom stereocenters. The van der Waals surface area contributed by atoms with E-state index in [9.17, 15) is 4.39 Å². The van der Waals surface area contributed by atoms with E-state index in [1.54, 1.807) is 6.07 Å². The monoisotopic (exact) mass is 415 g/mol. The van der Waals surface area contributed by atoms with Crippen molar-refractivity contribution in [1.29, 1.82) is 0 Å². The molecule has 0 aliphatic carbocycles. The van der Waals surface area contributed by atoms with Gasteiger partial charge in [0, 0.05) is 18.7 Å². The Labute approximate surface area is 141 Å². The molecule has 0 fully saturated rings. The lowest BCUT2D eigenvalue weighted by molar-refractivity contribution is 0.470. The van der Waals surface area contributed by atoms with Crippen LogP contribution in [0.5, 0.6) is 11.5 Å². The standard InChI is InChI=1S/C16H16Br2FNO/c1-10(2)20-9-11-3-6-15(14(18)7-11)21-16-8-12(19)4-5-13(16)17/h3-8,10,20H,9H2,1-2H3. The molecule has 2 aromatic rings. The van der Waals surface area contributed by atoms with E-state index in [0.29, 0.717) is 22.0 Å². The van der Waals surface area contributed by atoms with Crippen LogP contribution in [-0.4, -0.2) is 6.04 Å². The van der Waals surface area contributed by atoms with Crippen LogP contribution in [0.1, 0.15) is 19.4 Å². The van der Waals surface area contributed by atoms with Gasteiger partial charge in [0.05, 0.1) is 8.95 Å². The first-order valence-corrected chi connectivity index (χ1v) is 8.19. The molecule has 2 aromatic carbocycles. The van der Waals surface area contributed by atoms with Crippen LogP contribution in [0, 0.1) is 5.82 Å². The second-order valence-electron chi connectivity index (χ2n) is 4.98. The van der Waals surface area contributed by atoms with Crippen molar-refractivity contribution in [3.63, 3.8) is 0 Å². The molecule has 5 heteroatoms. The van der Waals surface area contributed by atoms with Crippen LogP contribution >= 0.6 is 31.9 Å². The highest BCUT2D eigenvalue weighted by molar-refractivity contribution is 9.11. The summed E-state index contributed by atoms with van der Waals surface area (Å²) in [7, 11) is 0. The lowest BCUT2D eigenvalue weighted by Crippen LogP contribution is -2.21. The van der Waals surface area contributed by atoms with E-state index in [2.05, 4.69) is 51.0 Å². The molecule has 0 radical (unpaired) electrons. The van der Waals surface area contributed by atoms with Crippen LogP contribution in [0.4, 0.5) is 4.39 Å². The van der Waals surface area contributed by atoms with Gasteiger partial charge in [0.1, 0.15) is 17.3 Å². The van der Waals surface area contributed by atoms with Crippen LogP contribution in [0.2, 0.25) is 0 Å². The zero-order valence-corrected chi connectivity index (χ0v) is 15.0. The molecule has 2 rings (SSSR count). The van der Waals surface area contributed by atoms with Gasteiger partial charge in [-0.05, 0) is 61.7 Å². The van der Waals surface area contributed by atoms with Crippen LogP contribution in [-0.2, 0) is 6.54 Å². The molecular weight excluding hydrogens is 401 g/mol. The molecule has 0 heterocycles. The third kappa shape index (κ3) is 4.80. The van der Waals surface area contributed by atoms with Gasteiger partial charge < -0.3 is 10.1 Å². The summed E-state index contributed by atoms with van der Waals surface area (Å²) >= 11 is 6.84. The molecular formula is C16H16Br2FNO. The number of rotatable bonds is 5. The van der Waals surface area contributed by atoms with Gasteiger partial charge in [-0.3, -0.25) is 0 Å². The normalized spacial score (nSPS) is 11.0. The Balaban J connectivity index is 2.15. The first kappa shape index (κ1) is 16.5.